The van der Waals surface area contributed by atoms with Gasteiger partial charge in [-0.25, -0.2) is 8.42 Å². The standard InChI is InChI=1S/C20H25NO4S/c1-25-19-10-8-16(9-11-19)14-18(17-6-4-3-5-7-17)15-21-20(22)12-13-26(2,23)24/h3-11,18H,12-15H2,1-2H3,(H,21,22). The molecule has 0 spiro atoms. The Labute approximate surface area is 155 Å². The number of amides is 1. The Morgan fingerprint density at radius 3 is 2.31 bits per heavy atom. The second kappa shape index (κ2) is 9.38. The number of nitrogens with one attached hydrogen (secondary N) is 1. The molecule has 1 amide bonds. The predicted molar refractivity (Wildman–Crippen MR) is 103 cm³/mol. The van der Waals surface area contributed by atoms with Gasteiger partial charge in [-0.2, -0.15) is 0 Å². The summed E-state index contributed by atoms with van der Waals surface area (Å²) in [4.78, 5) is 12.0. The van der Waals surface area contributed by atoms with Gasteiger partial charge in [-0.3, -0.25) is 4.79 Å². The molecule has 0 aromatic heterocycles. The van der Waals surface area contributed by atoms with Gasteiger partial charge >= 0.3 is 0 Å². The number of carbonyl (C=O) groups excluding carboxylic acids is 1. The minimum absolute atomic E-state index is 0.0110. The number of sulfone groups is 1. The van der Waals surface area contributed by atoms with Crippen LogP contribution in [0.25, 0.3) is 0 Å². The smallest absolute Gasteiger partial charge is 0.221 e. The molecule has 26 heavy (non-hydrogen) atoms. The van der Waals surface area contributed by atoms with Crippen LogP contribution in [0.1, 0.15) is 23.5 Å². The number of rotatable bonds is 9. The Balaban J connectivity index is 2.03. The summed E-state index contributed by atoms with van der Waals surface area (Å²) >= 11 is 0. The van der Waals surface area contributed by atoms with Crippen LogP contribution >= 0.6 is 0 Å². The predicted octanol–water partition coefficient (Wildman–Crippen LogP) is 2.57. The highest BCUT2D eigenvalue weighted by atomic mass is 32.2. The summed E-state index contributed by atoms with van der Waals surface area (Å²) in [5.74, 6) is 0.532. The summed E-state index contributed by atoms with van der Waals surface area (Å²) in [6.45, 7) is 0.457. The van der Waals surface area contributed by atoms with Crippen molar-refractivity contribution in [1.29, 1.82) is 0 Å². The summed E-state index contributed by atoms with van der Waals surface area (Å²) in [5.41, 5.74) is 2.27. The number of hydrogen-bond acceptors (Lipinski definition) is 4. The van der Waals surface area contributed by atoms with Crippen molar-refractivity contribution in [2.75, 3.05) is 25.7 Å². The van der Waals surface area contributed by atoms with Gasteiger partial charge < -0.3 is 10.1 Å². The molecule has 5 nitrogen and oxygen atoms in total. The summed E-state index contributed by atoms with van der Waals surface area (Å²) in [6, 6.07) is 17.8. The normalized spacial score (nSPS) is 12.4. The fraction of sp³-hybridized carbons (Fsp3) is 0.350. The van der Waals surface area contributed by atoms with Crippen LogP contribution in [0, 0.1) is 0 Å². The first-order valence-electron chi connectivity index (χ1n) is 8.49. The number of methoxy groups -OCH3 is 1. The topological polar surface area (TPSA) is 72.5 Å². The maximum absolute atomic E-state index is 12.0. The monoisotopic (exact) mass is 375 g/mol. The molecule has 1 atom stereocenters. The number of hydrogen-bond donors (Lipinski definition) is 1. The molecule has 2 aromatic rings. The Kier molecular flexibility index (Phi) is 7.21. The average molecular weight is 375 g/mol. The number of ether oxygens (including phenoxy) is 1. The highest BCUT2D eigenvalue weighted by molar-refractivity contribution is 7.90. The Morgan fingerprint density at radius 1 is 1.08 bits per heavy atom. The highest BCUT2D eigenvalue weighted by Crippen LogP contribution is 2.22. The first kappa shape index (κ1) is 20.0. The lowest BCUT2D eigenvalue weighted by Gasteiger charge is -2.18. The van der Waals surface area contributed by atoms with Crippen molar-refractivity contribution in [3.05, 3.63) is 65.7 Å². The van der Waals surface area contributed by atoms with Gasteiger partial charge in [0.2, 0.25) is 5.91 Å². The summed E-state index contributed by atoms with van der Waals surface area (Å²) < 4.78 is 27.6. The van der Waals surface area contributed by atoms with Gasteiger partial charge in [0, 0.05) is 25.1 Å². The number of carbonyl (C=O) groups is 1. The third kappa shape index (κ3) is 6.88. The van der Waals surface area contributed by atoms with Gasteiger partial charge in [0.15, 0.2) is 0 Å². The van der Waals surface area contributed by atoms with Gasteiger partial charge in [0.05, 0.1) is 12.9 Å². The first-order chi connectivity index (χ1) is 12.4. The minimum Gasteiger partial charge on any atom is -0.497 e. The second-order valence-corrected chi connectivity index (χ2v) is 8.60. The molecule has 0 heterocycles. The van der Waals surface area contributed by atoms with Crippen LogP contribution in [0.2, 0.25) is 0 Å². The van der Waals surface area contributed by atoms with Crippen molar-refractivity contribution >= 4 is 15.7 Å². The van der Waals surface area contributed by atoms with E-state index in [0.29, 0.717) is 6.54 Å². The molecule has 0 aliphatic carbocycles. The van der Waals surface area contributed by atoms with Crippen LogP contribution in [0.15, 0.2) is 54.6 Å². The third-order valence-corrected chi connectivity index (χ3v) is 5.10. The molecule has 1 N–H and O–H groups in total. The van der Waals surface area contributed by atoms with Crippen molar-refractivity contribution in [1.82, 2.24) is 5.32 Å². The van der Waals surface area contributed by atoms with E-state index in [0.717, 1.165) is 29.6 Å². The van der Waals surface area contributed by atoms with Gasteiger partial charge in [-0.15, -0.1) is 0 Å². The fourth-order valence-corrected chi connectivity index (χ4v) is 3.24. The summed E-state index contributed by atoms with van der Waals surface area (Å²) in [6.07, 6.45) is 1.89. The largest absolute Gasteiger partial charge is 0.497 e. The molecule has 6 heteroatoms. The molecule has 0 aliphatic heterocycles. The zero-order valence-corrected chi connectivity index (χ0v) is 16.0. The van der Waals surface area contributed by atoms with E-state index in [2.05, 4.69) is 5.32 Å². The van der Waals surface area contributed by atoms with Gasteiger partial charge in [-0.05, 0) is 29.7 Å². The Morgan fingerprint density at radius 2 is 1.73 bits per heavy atom. The molecule has 0 aliphatic rings. The van der Waals surface area contributed by atoms with E-state index in [4.69, 9.17) is 4.74 Å². The van der Waals surface area contributed by atoms with Crippen LogP contribution in [0.3, 0.4) is 0 Å². The third-order valence-electron chi connectivity index (χ3n) is 4.16. The van der Waals surface area contributed by atoms with Crippen molar-refractivity contribution in [3.63, 3.8) is 0 Å². The van der Waals surface area contributed by atoms with Crippen LogP contribution < -0.4 is 10.1 Å². The maximum Gasteiger partial charge on any atom is 0.221 e. The quantitative estimate of drug-likeness (QED) is 0.731. The van der Waals surface area contributed by atoms with E-state index >= 15 is 0 Å². The fourth-order valence-electron chi connectivity index (χ4n) is 2.68. The molecule has 1 unspecified atom stereocenters. The van der Waals surface area contributed by atoms with Crippen LogP contribution in [0.5, 0.6) is 5.75 Å². The lowest BCUT2D eigenvalue weighted by molar-refractivity contribution is -0.120. The van der Waals surface area contributed by atoms with E-state index in [9.17, 15) is 13.2 Å². The Bertz CT molecular complexity index is 801. The summed E-state index contributed by atoms with van der Waals surface area (Å²) in [7, 11) is -1.51. The molecule has 0 radical (unpaired) electrons. The molecular formula is C20H25NO4S. The lowest BCUT2D eigenvalue weighted by Crippen LogP contribution is -2.30. The second-order valence-electron chi connectivity index (χ2n) is 6.34. The Hall–Kier alpha value is -2.34. The van der Waals surface area contributed by atoms with Crippen molar-refractivity contribution in [2.24, 2.45) is 0 Å². The van der Waals surface area contributed by atoms with Crippen LogP contribution in [0.4, 0.5) is 0 Å². The van der Waals surface area contributed by atoms with Crippen LogP contribution in [-0.4, -0.2) is 40.0 Å². The van der Waals surface area contributed by atoms with Gasteiger partial charge in [-0.1, -0.05) is 42.5 Å². The molecule has 0 fully saturated rings. The van der Waals surface area contributed by atoms with Crippen molar-refractivity contribution in [2.45, 2.75) is 18.8 Å². The molecule has 0 saturated carbocycles. The molecule has 140 valence electrons. The number of benzene rings is 2. The molecular weight excluding hydrogens is 350 g/mol. The van der Waals surface area contributed by atoms with E-state index in [1.165, 1.54) is 0 Å². The maximum atomic E-state index is 12.0. The van der Waals surface area contributed by atoms with E-state index < -0.39 is 9.84 Å². The SMILES string of the molecule is COc1ccc(CC(CNC(=O)CCS(C)(=O)=O)c2ccccc2)cc1. The van der Waals surface area contributed by atoms with Gasteiger partial charge in [0.1, 0.15) is 15.6 Å². The van der Waals surface area contributed by atoms with E-state index in [-0.39, 0.29) is 24.0 Å². The van der Waals surface area contributed by atoms with Crippen molar-refractivity contribution in [3.8, 4) is 5.75 Å². The van der Waals surface area contributed by atoms with E-state index in [1.54, 1.807) is 7.11 Å². The zero-order chi connectivity index (χ0) is 19.0. The molecule has 2 aromatic carbocycles. The molecule has 0 bridgehead atoms. The minimum atomic E-state index is -3.14. The van der Waals surface area contributed by atoms with E-state index in [1.807, 2.05) is 54.6 Å². The summed E-state index contributed by atoms with van der Waals surface area (Å²) in [5, 5.41) is 2.87. The molecule has 0 saturated heterocycles. The first-order valence-corrected chi connectivity index (χ1v) is 10.6. The highest BCUT2D eigenvalue weighted by Gasteiger charge is 2.15. The lowest BCUT2D eigenvalue weighted by atomic mass is 9.92. The van der Waals surface area contributed by atoms with Crippen molar-refractivity contribution < 1.29 is 17.9 Å². The van der Waals surface area contributed by atoms with Crippen LogP contribution in [-0.2, 0) is 21.1 Å². The zero-order valence-electron chi connectivity index (χ0n) is 15.1. The average Bonchev–Trinajstić information content (AvgIpc) is 2.64. The van der Waals surface area contributed by atoms with Gasteiger partial charge in [0.25, 0.3) is 0 Å². The molecule has 2 rings (SSSR count).